The zero-order valence-corrected chi connectivity index (χ0v) is 13.5. The van der Waals surface area contributed by atoms with E-state index in [1.165, 1.54) is 0 Å². The second kappa shape index (κ2) is 7.50. The van der Waals surface area contributed by atoms with Crippen LogP contribution < -0.4 is 5.32 Å². The van der Waals surface area contributed by atoms with Crippen LogP contribution in [0.25, 0.3) is 0 Å². The van der Waals surface area contributed by atoms with E-state index in [-0.39, 0.29) is 6.04 Å². The highest BCUT2D eigenvalue weighted by Gasteiger charge is 2.13. The third kappa shape index (κ3) is 4.39. The summed E-state index contributed by atoms with van der Waals surface area (Å²) in [5.41, 5.74) is 3.21. The van der Waals surface area contributed by atoms with Gasteiger partial charge >= 0.3 is 0 Å². The number of rotatable bonds is 6. The van der Waals surface area contributed by atoms with E-state index in [1.54, 1.807) is 0 Å². The van der Waals surface area contributed by atoms with Gasteiger partial charge in [0.15, 0.2) is 0 Å². The quantitative estimate of drug-likeness (QED) is 0.872. The Morgan fingerprint density at radius 1 is 1.25 bits per heavy atom. The van der Waals surface area contributed by atoms with Gasteiger partial charge in [-0.3, -0.25) is 9.97 Å². The Balaban J connectivity index is 2.16. The molecule has 0 fully saturated rings. The molecule has 1 atom stereocenters. The fourth-order valence-electron chi connectivity index (χ4n) is 2.09. The summed E-state index contributed by atoms with van der Waals surface area (Å²) in [5, 5.41) is 3.56. The molecule has 0 aliphatic carbocycles. The van der Waals surface area contributed by atoms with Crippen LogP contribution in [0.3, 0.4) is 0 Å². The summed E-state index contributed by atoms with van der Waals surface area (Å²) in [4.78, 5) is 9.10. The molecule has 2 aromatic rings. The van der Waals surface area contributed by atoms with Gasteiger partial charge in [0, 0.05) is 28.5 Å². The first-order chi connectivity index (χ1) is 9.69. The minimum absolute atomic E-state index is 0.212. The highest BCUT2D eigenvalue weighted by atomic mass is 79.9. The summed E-state index contributed by atoms with van der Waals surface area (Å²) in [7, 11) is 0. The van der Waals surface area contributed by atoms with Crippen molar-refractivity contribution in [1.82, 2.24) is 15.3 Å². The van der Waals surface area contributed by atoms with Crippen molar-refractivity contribution < 1.29 is 0 Å². The van der Waals surface area contributed by atoms with Crippen LogP contribution in [0.15, 0.2) is 41.0 Å². The number of aromatic nitrogens is 2. The summed E-state index contributed by atoms with van der Waals surface area (Å²) in [6.45, 7) is 5.18. The second-order valence-electron chi connectivity index (χ2n) is 4.88. The van der Waals surface area contributed by atoms with Crippen molar-refractivity contribution in [2.75, 3.05) is 6.54 Å². The highest BCUT2D eigenvalue weighted by molar-refractivity contribution is 9.10. The molecule has 0 saturated heterocycles. The van der Waals surface area contributed by atoms with Crippen LogP contribution in [-0.4, -0.2) is 16.5 Å². The SMILES string of the molecule is CCCNC(Cc1ccc(Br)cn1)c1cccc(C)n1. The Morgan fingerprint density at radius 2 is 2.10 bits per heavy atom. The molecule has 2 rings (SSSR count). The van der Waals surface area contributed by atoms with Gasteiger partial charge in [-0.2, -0.15) is 0 Å². The topological polar surface area (TPSA) is 37.8 Å². The summed E-state index contributed by atoms with van der Waals surface area (Å²) in [6.07, 6.45) is 3.80. The predicted molar refractivity (Wildman–Crippen MR) is 85.6 cm³/mol. The van der Waals surface area contributed by atoms with E-state index in [9.17, 15) is 0 Å². The van der Waals surface area contributed by atoms with Gasteiger partial charge in [-0.05, 0) is 60.1 Å². The van der Waals surface area contributed by atoms with Gasteiger partial charge in [0.1, 0.15) is 0 Å². The van der Waals surface area contributed by atoms with Crippen LogP contribution >= 0.6 is 15.9 Å². The lowest BCUT2D eigenvalue weighted by molar-refractivity contribution is 0.512. The molecule has 106 valence electrons. The van der Waals surface area contributed by atoms with Crippen LogP contribution in [0.1, 0.15) is 36.5 Å². The first-order valence-corrected chi connectivity index (χ1v) is 7.75. The van der Waals surface area contributed by atoms with Crippen molar-refractivity contribution >= 4 is 15.9 Å². The highest BCUT2D eigenvalue weighted by Crippen LogP contribution is 2.17. The Hall–Kier alpha value is -1.26. The molecular formula is C16H20BrN3. The maximum absolute atomic E-state index is 4.64. The number of halogens is 1. The van der Waals surface area contributed by atoms with Crippen LogP contribution in [0, 0.1) is 6.92 Å². The van der Waals surface area contributed by atoms with Crippen LogP contribution in [0.4, 0.5) is 0 Å². The molecule has 1 unspecified atom stereocenters. The molecule has 4 heteroatoms. The molecule has 0 spiro atoms. The summed E-state index contributed by atoms with van der Waals surface area (Å²) >= 11 is 3.42. The molecule has 2 heterocycles. The fourth-order valence-corrected chi connectivity index (χ4v) is 2.33. The van der Waals surface area contributed by atoms with Crippen LogP contribution in [0.5, 0.6) is 0 Å². The Bertz CT molecular complexity index is 540. The third-order valence-corrected chi connectivity index (χ3v) is 3.58. The molecule has 1 N–H and O–H groups in total. The minimum atomic E-state index is 0.212. The third-order valence-electron chi connectivity index (χ3n) is 3.11. The predicted octanol–water partition coefficient (Wildman–Crippen LogP) is 3.83. The van der Waals surface area contributed by atoms with Gasteiger partial charge in [0.05, 0.1) is 11.7 Å². The zero-order valence-electron chi connectivity index (χ0n) is 11.9. The van der Waals surface area contributed by atoms with Crippen LogP contribution in [0.2, 0.25) is 0 Å². The van der Waals surface area contributed by atoms with E-state index in [1.807, 2.05) is 25.3 Å². The Kier molecular flexibility index (Phi) is 5.68. The minimum Gasteiger partial charge on any atom is -0.308 e. The van der Waals surface area contributed by atoms with E-state index >= 15 is 0 Å². The summed E-state index contributed by atoms with van der Waals surface area (Å²) in [5.74, 6) is 0. The molecule has 0 saturated carbocycles. The lowest BCUT2D eigenvalue weighted by Gasteiger charge is -2.18. The lowest BCUT2D eigenvalue weighted by Crippen LogP contribution is -2.25. The monoisotopic (exact) mass is 333 g/mol. The number of hydrogen-bond donors (Lipinski definition) is 1. The average molecular weight is 334 g/mol. The number of hydrogen-bond acceptors (Lipinski definition) is 3. The molecule has 0 amide bonds. The number of nitrogens with one attached hydrogen (secondary N) is 1. The molecule has 0 radical (unpaired) electrons. The average Bonchev–Trinajstić information content (AvgIpc) is 2.45. The molecular weight excluding hydrogens is 314 g/mol. The Morgan fingerprint density at radius 3 is 2.75 bits per heavy atom. The van der Waals surface area contributed by atoms with Gasteiger partial charge < -0.3 is 5.32 Å². The van der Waals surface area contributed by atoms with Gasteiger partial charge in [-0.25, -0.2) is 0 Å². The van der Waals surface area contributed by atoms with Crippen molar-refractivity contribution in [3.8, 4) is 0 Å². The van der Waals surface area contributed by atoms with Gasteiger partial charge in [0.25, 0.3) is 0 Å². The molecule has 20 heavy (non-hydrogen) atoms. The van der Waals surface area contributed by atoms with Crippen molar-refractivity contribution in [2.24, 2.45) is 0 Å². The summed E-state index contributed by atoms with van der Waals surface area (Å²) < 4.78 is 1.01. The Labute approximate surface area is 129 Å². The molecule has 0 aliphatic rings. The summed E-state index contributed by atoms with van der Waals surface area (Å²) in [6, 6.07) is 10.5. The molecule has 3 nitrogen and oxygen atoms in total. The largest absolute Gasteiger partial charge is 0.308 e. The zero-order chi connectivity index (χ0) is 14.4. The van der Waals surface area contributed by atoms with Crippen molar-refractivity contribution in [3.63, 3.8) is 0 Å². The fraction of sp³-hybridized carbons (Fsp3) is 0.375. The lowest BCUT2D eigenvalue weighted by atomic mass is 10.1. The van der Waals surface area contributed by atoms with Crippen molar-refractivity contribution in [1.29, 1.82) is 0 Å². The number of aryl methyl sites for hydroxylation is 1. The van der Waals surface area contributed by atoms with E-state index < -0.39 is 0 Å². The first-order valence-electron chi connectivity index (χ1n) is 6.96. The molecule has 0 bridgehead atoms. The van der Waals surface area contributed by atoms with Gasteiger partial charge in [-0.1, -0.05) is 13.0 Å². The second-order valence-corrected chi connectivity index (χ2v) is 5.80. The maximum atomic E-state index is 4.64. The van der Waals surface area contributed by atoms with Crippen molar-refractivity contribution in [2.45, 2.75) is 32.7 Å². The van der Waals surface area contributed by atoms with E-state index in [2.05, 4.69) is 56.3 Å². The normalized spacial score (nSPS) is 12.3. The first kappa shape index (κ1) is 15.1. The van der Waals surface area contributed by atoms with E-state index in [4.69, 9.17) is 0 Å². The standard InChI is InChI=1S/C16H20BrN3/c1-3-9-18-16(15-6-4-5-12(2)20-15)10-14-8-7-13(17)11-19-14/h4-8,11,16,18H,3,9-10H2,1-2H3. The molecule has 0 aliphatic heterocycles. The van der Waals surface area contributed by atoms with E-state index in [0.717, 1.165) is 40.9 Å². The number of nitrogens with zero attached hydrogens (tertiary/aromatic N) is 2. The smallest absolute Gasteiger partial charge is 0.0580 e. The molecule has 2 aromatic heterocycles. The van der Waals surface area contributed by atoms with Crippen molar-refractivity contribution in [3.05, 3.63) is 58.1 Å². The van der Waals surface area contributed by atoms with Gasteiger partial charge in [-0.15, -0.1) is 0 Å². The number of pyridine rings is 2. The van der Waals surface area contributed by atoms with Gasteiger partial charge in [0.2, 0.25) is 0 Å². The van der Waals surface area contributed by atoms with Crippen LogP contribution in [-0.2, 0) is 6.42 Å². The van der Waals surface area contributed by atoms with E-state index in [0.29, 0.717) is 0 Å². The maximum Gasteiger partial charge on any atom is 0.0580 e. The molecule has 0 aromatic carbocycles.